The largest absolute Gasteiger partial charge is 0.472 e. The van der Waals surface area contributed by atoms with Gasteiger partial charge in [-0.3, -0.25) is 18.6 Å². The predicted octanol–water partition coefficient (Wildman–Crippen LogP) is 9.45. The average molecular weight is 879 g/mol. The molecule has 8 atom stereocenters. The van der Waals surface area contributed by atoms with Crippen LogP contribution in [-0.2, 0) is 32.7 Å². The second-order valence-electron chi connectivity index (χ2n) is 17.0. The van der Waals surface area contributed by atoms with Crippen molar-refractivity contribution in [2.24, 2.45) is 0 Å². The highest BCUT2D eigenvalue weighted by atomic mass is 31.2. The number of rotatable bonds is 40. The molecule has 1 saturated carbocycles. The minimum atomic E-state index is -5.11. The minimum Gasteiger partial charge on any atom is -0.462 e. The molecule has 0 bridgehead atoms. The van der Waals surface area contributed by atoms with Crippen molar-refractivity contribution < 1.29 is 63.1 Å². The average Bonchev–Trinajstić information content (AvgIpc) is 3.23. The fourth-order valence-corrected chi connectivity index (χ4v) is 8.43. The Balaban J connectivity index is 2.40. The number of hydrogen-bond donors (Lipinski definition) is 6. The van der Waals surface area contributed by atoms with Gasteiger partial charge in [-0.15, -0.1) is 0 Å². The lowest BCUT2D eigenvalue weighted by atomic mass is 9.85. The third-order valence-electron chi connectivity index (χ3n) is 11.4. The van der Waals surface area contributed by atoms with E-state index in [0.29, 0.717) is 12.8 Å². The smallest absolute Gasteiger partial charge is 0.462 e. The maximum absolute atomic E-state index is 12.8. The van der Waals surface area contributed by atoms with E-state index in [9.17, 15) is 44.6 Å². The topological polar surface area (TPSA) is 210 Å². The van der Waals surface area contributed by atoms with Crippen molar-refractivity contribution in [3.05, 3.63) is 12.2 Å². The highest BCUT2D eigenvalue weighted by Crippen LogP contribution is 2.47. The molecule has 0 radical (unpaired) electrons. The van der Waals surface area contributed by atoms with Crippen LogP contribution >= 0.6 is 7.82 Å². The standard InChI is InChI=1S/C46H87O13P/c1-3-5-7-9-11-13-15-17-18-19-20-21-22-23-25-26-28-30-32-34-39(47)56-36-38(58-40(48)35-33-31-29-27-24-16-14-12-10-8-6-4-2)37-57-60(54,55)59-46-44(52)42(50)41(49)43(51)45(46)53/h17-18,38,41-46,49-53H,3-16,19-37H2,1-2H3,(H,54,55)/b18-17+/t38-,41?,42-,43?,44?,45?,46?/m0/s1. The Labute approximate surface area is 363 Å². The van der Waals surface area contributed by atoms with Gasteiger partial charge in [-0.2, -0.15) is 0 Å². The molecule has 6 unspecified atom stereocenters. The van der Waals surface area contributed by atoms with Crippen molar-refractivity contribution in [2.45, 2.75) is 256 Å². The lowest BCUT2D eigenvalue weighted by Crippen LogP contribution is -2.64. The third kappa shape index (κ3) is 29.0. The number of ether oxygens (including phenoxy) is 2. The summed E-state index contributed by atoms with van der Waals surface area (Å²) >= 11 is 0. The van der Waals surface area contributed by atoms with E-state index in [1.165, 1.54) is 128 Å². The van der Waals surface area contributed by atoms with Gasteiger partial charge in [-0.25, -0.2) is 4.57 Å². The van der Waals surface area contributed by atoms with Crippen LogP contribution in [0.1, 0.15) is 213 Å². The first kappa shape index (κ1) is 56.6. The molecule has 0 aliphatic heterocycles. The molecule has 0 heterocycles. The van der Waals surface area contributed by atoms with Crippen molar-refractivity contribution in [1.82, 2.24) is 0 Å². The molecule has 14 heteroatoms. The number of carbonyl (C=O) groups excluding carboxylic acids is 2. The van der Waals surface area contributed by atoms with Gasteiger partial charge in [0, 0.05) is 12.8 Å². The molecule has 1 rings (SSSR count). The van der Waals surface area contributed by atoms with E-state index in [0.717, 1.165) is 44.9 Å². The lowest BCUT2D eigenvalue weighted by Gasteiger charge is -2.41. The fourth-order valence-electron chi connectivity index (χ4n) is 7.46. The monoisotopic (exact) mass is 879 g/mol. The molecule has 0 spiro atoms. The van der Waals surface area contributed by atoms with E-state index in [2.05, 4.69) is 26.0 Å². The predicted molar refractivity (Wildman–Crippen MR) is 235 cm³/mol. The first-order valence-corrected chi connectivity index (χ1v) is 25.5. The molecule has 60 heavy (non-hydrogen) atoms. The van der Waals surface area contributed by atoms with Gasteiger partial charge in [-0.05, 0) is 38.5 Å². The van der Waals surface area contributed by atoms with Crippen LogP contribution in [-0.4, -0.2) is 98.3 Å². The molecule has 1 aliphatic rings. The van der Waals surface area contributed by atoms with Crippen LogP contribution in [0, 0.1) is 0 Å². The summed E-state index contributed by atoms with van der Waals surface area (Å²) in [6.45, 7) is 3.30. The summed E-state index contributed by atoms with van der Waals surface area (Å²) in [7, 11) is -5.11. The van der Waals surface area contributed by atoms with Gasteiger partial charge in [0.1, 0.15) is 43.2 Å². The highest BCUT2D eigenvalue weighted by Gasteiger charge is 2.51. The third-order valence-corrected chi connectivity index (χ3v) is 12.3. The van der Waals surface area contributed by atoms with Crippen molar-refractivity contribution in [3.63, 3.8) is 0 Å². The zero-order chi connectivity index (χ0) is 44.3. The summed E-state index contributed by atoms with van der Waals surface area (Å²) in [6, 6.07) is 0. The molecule has 0 aromatic heterocycles. The Morgan fingerprint density at radius 3 is 1.27 bits per heavy atom. The maximum Gasteiger partial charge on any atom is 0.472 e. The van der Waals surface area contributed by atoms with Crippen LogP contribution in [0.15, 0.2) is 12.2 Å². The first-order chi connectivity index (χ1) is 28.9. The Morgan fingerprint density at radius 1 is 0.500 bits per heavy atom. The normalized spacial score (nSPS) is 22.2. The number of hydrogen-bond acceptors (Lipinski definition) is 12. The van der Waals surface area contributed by atoms with Crippen LogP contribution in [0.3, 0.4) is 0 Å². The second-order valence-corrected chi connectivity index (χ2v) is 18.4. The Morgan fingerprint density at radius 2 is 0.850 bits per heavy atom. The molecule has 0 amide bonds. The number of allylic oxidation sites excluding steroid dienone is 2. The number of aliphatic hydroxyl groups excluding tert-OH is 5. The molecule has 354 valence electrons. The van der Waals surface area contributed by atoms with Gasteiger partial charge in [0.05, 0.1) is 6.61 Å². The van der Waals surface area contributed by atoms with Crippen molar-refractivity contribution >= 4 is 19.8 Å². The Kier molecular flexibility index (Phi) is 34.9. The van der Waals surface area contributed by atoms with Crippen LogP contribution in [0.5, 0.6) is 0 Å². The number of unbranched alkanes of at least 4 members (excludes halogenated alkanes) is 26. The molecule has 0 saturated heterocycles. The molecule has 13 nitrogen and oxygen atoms in total. The van der Waals surface area contributed by atoms with Gasteiger partial charge in [0.25, 0.3) is 0 Å². The van der Waals surface area contributed by atoms with Gasteiger partial charge in [-0.1, -0.05) is 174 Å². The summed E-state index contributed by atoms with van der Waals surface area (Å²) in [5, 5.41) is 50.1. The zero-order valence-electron chi connectivity index (χ0n) is 37.5. The summed E-state index contributed by atoms with van der Waals surface area (Å²) in [5.74, 6) is -1.09. The fraction of sp³-hybridized carbons (Fsp3) is 0.913. The molecular weight excluding hydrogens is 791 g/mol. The van der Waals surface area contributed by atoms with Gasteiger partial charge in [0.2, 0.25) is 0 Å². The lowest BCUT2D eigenvalue weighted by molar-refractivity contribution is -0.220. The number of phosphoric ester groups is 1. The minimum absolute atomic E-state index is 0.102. The second kappa shape index (κ2) is 37.0. The zero-order valence-corrected chi connectivity index (χ0v) is 38.4. The molecule has 0 aromatic carbocycles. The Hall–Kier alpha value is -1.41. The van der Waals surface area contributed by atoms with Gasteiger partial charge in [0.15, 0.2) is 6.10 Å². The molecule has 0 aromatic rings. The van der Waals surface area contributed by atoms with Crippen LogP contribution in [0.2, 0.25) is 0 Å². The number of esters is 2. The van der Waals surface area contributed by atoms with E-state index >= 15 is 0 Å². The summed E-state index contributed by atoms with van der Waals surface area (Å²) in [4.78, 5) is 35.7. The van der Waals surface area contributed by atoms with E-state index in [1.807, 2.05) is 0 Å². The van der Waals surface area contributed by atoms with Crippen molar-refractivity contribution in [3.8, 4) is 0 Å². The van der Waals surface area contributed by atoms with Crippen molar-refractivity contribution in [1.29, 1.82) is 0 Å². The van der Waals surface area contributed by atoms with Gasteiger partial charge < -0.3 is 39.9 Å². The number of aliphatic hydroxyl groups is 5. The maximum atomic E-state index is 12.8. The van der Waals surface area contributed by atoms with E-state index in [-0.39, 0.29) is 12.8 Å². The summed E-state index contributed by atoms with van der Waals surface area (Å²) in [6.07, 6.45) is 25.5. The van der Waals surface area contributed by atoms with Gasteiger partial charge >= 0.3 is 19.8 Å². The van der Waals surface area contributed by atoms with E-state index < -0.39 is 75.7 Å². The Bertz CT molecular complexity index is 1110. The molecule has 1 aliphatic carbocycles. The van der Waals surface area contributed by atoms with Crippen LogP contribution < -0.4 is 0 Å². The van der Waals surface area contributed by atoms with Crippen LogP contribution in [0.4, 0.5) is 0 Å². The van der Waals surface area contributed by atoms with E-state index in [4.69, 9.17) is 18.5 Å². The van der Waals surface area contributed by atoms with Crippen LogP contribution in [0.25, 0.3) is 0 Å². The quantitative estimate of drug-likeness (QED) is 0.0147. The van der Waals surface area contributed by atoms with Crippen molar-refractivity contribution in [2.75, 3.05) is 13.2 Å². The number of phosphoric acid groups is 1. The highest BCUT2D eigenvalue weighted by molar-refractivity contribution is 7.47. The molecular formula is C46H87O13P. The molecule has 6 N–H and O–H groups in total. The molecule has 1 fully saturated rings. The SMILES string of the molecule is CCCCCCCC/C=C/CCCCCCCCCCCC(=O)OC[C@@H](COP(=O)(O)OC1C(O)C(O)C(O)[C@H](O)C1O)OC(=O)CCCCCCCCCCCCCC. The number of carbonyl (C=O) groups is 2. The summed E-state index contributed by atoms with van der Waals surface area (Å²) < 4.78 is 33.5. The summed E-state index contributed by atoms with van der Waals surface area (Å²) in [5.41, 5.74) is 0. The first-order valence-electron chi connectivity index (χ1n) is 24.0. The van der Waals surface area contributed by atoms with E-state index in [1.54, 1.807) is 0 Å².